The van der Waals surface area contributed by atoms with Crippen molar-refractivity contribution in [1.29, 1.82) is 0 Å². The Morgan fingerprint density at radius 1 is 1.14 bits per heavy atom. The Kier molecular flexibility index (Phi) is 10.5. The molecule has 0 saturated heterocycles. The zero-order valence-electron chi connectivity index (χ0n) is 21.9. The van der Waals surface area contributed by atoms with Gasteiger partial charge in [-0.1, -0.05) is 62.4 Å². The zero-order chi connectivity index (χ0) is 25.7. The highest BCUT2D eigenvalue weighted by Gasteiger charge is 2.25. The van der Waals surface area contributed by atoms with E-state index in [0.29, 0.717) is 37.4 Å². The molecule has 8 nitrogen and oxygen atoms in total. The predicted molar refractivity (Wildman–Crippen MR) is 146 cm³/mol. The van der Waals surface area contributed by atoms with E-state index >= 15 is 0 Å². The smallest absolute Gasteiger partial charge is 0.242 e. The first-order chi connectivity index (χ1) is 18.2. The van der Waals surface area contributed by atoms with Gasteiger partial charge in [-0.25, -0.2) is 9.97 Å². The van der Waals surface area contributed by atoms with Crippen LogP contribution >= 0.6 is 0 Å². The number of ether oxygens (including phenoxy) is 1. The number of carbonyl (C=O) groups excluding carboxylic acids is 1. The van der Waals surface area contributed by atoms with Crippen LogP contribution in [-0.4, -0.2) is 51.2 Å². The molecule has 1 saturated carbocycles. The van der Waals surface area contributed by atoms with E-state index in [0.717, 1.165) is 31.4 Å². The molecule has 4 rings (SSSR count). The van der Waals surface area contributed by atoms with Crippen molar-refractivity contribution >= 4 is 11.7 Å². The van der Waals surface area contributed by atoms with Crippen LogP contribution in [0.3, 0.4) is 0 Å². The minimum Gasteiger partial charge on any atom is -0.382 e. The van der Waals surface area contributed by atoms with Crippen molar-refractivity contribution in [1.82, 2.24) is 24.8 Å². The summed E-state index contributed by atoms with van der Waals surface area (Å²) in [5.41, 5.74) is 2.19. The second-order valence-corrected chi connectivity index (χ2v) is 9.78. The van der Waals surface area contributed by atoms with E-state index in [1.54, 1.807) is 17.1 Å². The highest BCUT2D eigenvalue weighted by Crippen LogP contribution is 2.28. The average Bonchev–Trinajstić information content (AvgIpc) is 3.48. The lowest BCUT2D eigenvalue weighted by molar-refractivity contribution is -0.122. The number of rotatable bonds is 14. The number of nitrogens with one attached hydrogen (secondary N) is 2. The molecule has 0 aliphatic heterocycles. The fourth-order valence-corrected chi connectivity index (χ4v) is 4.92. The average molecular weight is 505 g/mol. The Morgan fingerprint density at radius 3 is 2.73 bits per heavy atom. The molecule has 0 spiro atoms. The summed E-state index contributed by atoms with van der Waals surface area (Å²) >= 11 is 0. The Morgan fingerprint density at radius 2 is 1.97 bits per heavy atom. The quantitative estimate of drug-likeness (QED) is 0.308. The molecular formula is C29H40N6O2. The maximum Gasteiger partial charge on any atom is 0.242 e. The van der Waals surface area contributed by atoms with E-state index in [2.05, 4.69) is 39.9 Å². The van der Waals surface area contributed by atoms with Crippen molar-refractivity contribution in [2.45, 2.75) is 70.8 Å². The van der Waals surface area contributed by atoms with Gasteiger partial charge in [-0.3, -0.25) is 9.36 Å². The van der Waals surface area contributed by atoms with Crippen LogP contribution in [0.5, 0.6) is 0 Å². The summed E-state index contributed by atoms with van der Waals surface area (Å²) in [5, 5.41) is 6.61. The van der Waals surface area contributed by atoms with E-state index < -0.39 is 0 Å². The first-order valence-corrected chi connectivity index (χ1v) is 13.7. The molecule has 0 bridgehead atoms. The lowest BCUT2D eigenvalue weighted by Gasteiger charge is -2.27. The number of benzene rings is 1. The minimum absolute atomic E-state index is 0.0238. The molecule has 0 radical (unpaired) electrons. The summed E-state index contributed by atoms with van der Waals surface area (Å²) in [7, 11) is 0. The highest BCUT2D eigenvalue weighted by molar-refractivity contribution is 5.84. The molecule has 198 valence electrons. The van der Waals surface area contributed by atoms with Gasteiger partial charge in [0.05, 0.1) is 0 Å². The number of hydrogen-bond donors (Lipinski definition) is 2. The molecule has 0 unspecified atom stereocenters. The van der Waals surface area contributed by atoms with Crippen LogP contribution in [0.4, 0.5) is 5.82 Å². The lowest BCUT2D eigenvalue weighted by atomic mass is 9.84. The monoisotopic (exact) mass is 504 g/mol. The SMILES string of the molecule is CCOCCCNC(=O)[C@H](CC1CCCCC1)Nc1cc(CCc2ccccc2)nc(-n2ccnc2)n1. The summed E-state index contributed by atoms with van der Waals surface area (Å²) in [6.45, 7) is 3.94. The topological polar surface area (TPSA) is 94.0 Å². The number of anilines is 1. The van der Waals surface area contributed by atoms with Crippen LogP contribution in [0.2, 0.25) is 0 Å². The zero-order valence-corrected chi connectivity index (χ0v) is 21.9. The van der Waals surface area contributed by atoms with Crippen molar-refractivity contribution in [3.8, 4) is 5.95 Å². The second-order valence-electron chi connectivity index (χ2n) is 9.78. The standard InChI is InChI=1S/C29H40N6O2/c1-2-37-19-9-16-31-28(36)26(20-24-12-7-4-8-13-24)33-27-21-25(15-14-23-10-5-3-6-11-23)32-29(34-27)35-18-17-30-22-35/h3,5-6,10-11,17-18,21-22,24,26H,2,4,7-9,12-16,19-20H2,1H3,(H,31,36)(H,32,33,34)/t26-/m0/s1. The van der Waals surface area contributed by atoms with Crippen molar-refractivity contribution in [2.24, 2.45) is 5.92 Å². The molecule has 1 amide bonds. The second kappa shape index (κ2) is 14.5. The van der Waals surface area contributed by atoms with Gasteiger partial charge in [0.1, 0.15) is 18.2 Å². The molecular weight excluding hydrogens is 464 g/mol. The van der Waals surface area contributed by atoms with E-state index in [9.17, 15) is 4.79 Å². The van der Waals surface area contributed by atoms with Crippen LogP contribution < -0.4 is 10.6 Å². The van der Waals surface area contributed by atoms with Gasteiger partial charge in [-0.05, 0) is 44.1 Å². The maximum absolute atomic E-state index is 13.3. The summed E-state index contributed by atoms with van der Waals surface area (Å²) in [6.07, 6.45) is 14.7. The fraction of sp³-hybridized carbons (Fsp3) is 0.517. The van der Waals surface area contributed by atoms with Crippen molar-refractivity contribution in [3.63, 3.8) is 0 Å². The number of imidazole rings is 1. The Bertz CT molecular complexity index is 1070. The van der Waals surface area contributed by atoms with Crippen LogP contribution in [-0.2, 0) is 22.4 Å². The molecule has 2 heterocycles. The van der Waals surface area contributed by atoms with Gasteiger partial charge in [-0.2, -0.15) is 4.98 Å². The first kappa shape index (κ1) is 26.8. The molecule has 2 aromatic heterocycles. The minimum atomic E-state index is -0.345. The lowest BCUT2D eigenvalue weighted by Crippen LogP contribution is -2.42. The van der Waals surface area contributed by atoms with E-state index in [1.807, 2.05) is 25.3 Å². The Balaban J connectivity index is 1.50. The maximum atomic E-state index is 13.3. The summed E-state index contributed by atoms with van der Waals surface area (Å²) in [4.78, 5) is 27.0. The fourth-order valence-electron chi connectivity index (χ4n) is 4.92. The van der Waals surface area contributed by atoms with Gasteiger partial charge in [0, 0.05) is 43.9 Å². The number of carbonyl (C=O) groups is 1. The van der Waals surface area contributed by atoms with Gasteiger partial charge < -0.3 is 15.4 Å². The van der Waals surface area contributed by atoms with Gasteiger partial charge in [0.2, 0.25) is 11.9 Å². The molecule has 37 heavy (non-hydrogen) atoms. The predicted octanol–water partition coefficient (Wildman–Crippen LogP) is 4.74. The molecule has 1 aliphatic rings. The number of aromatic nitrogens is 4. The van der Waals surface area contributed by atoms with Gasteiger partial charge in [0.15, 0.2) is 0 Å². The third-order valence-corrected chi connectivity index (χ3v) is 6.92. The third-order valence-electron chi connectivity index (χ3n) is 6.92. The summed E-state index contributed by atoms with van der Waals surface area (Å²) in [6, 6.07) is 12.0. The third kappa shape index (κ3) is 8.67. The van der Waals surface area contributed by atoms with E-state index in [4.69, 9.17) is 14.7 Å². The molecule has 3 aromatic rings. The number of aryl methyl sites for hydroxylation is 2. The van der Waals surface area contributed by atoms with Crippen LogP contribution in [0.1, 0.15) is 63.1 Å². The number of amides is 1. The van der Waals surface area contributed by atoms with Crippen LogP contribution in [0.15, 0.2) is 55.1 Å². The van der Waals surface area contributed by atoms with Gasteiger partial charge in [-0.15, -0.1) is 0 Å². The van der Waals surface area contributed by atoms with Gasteiger partial charge >= 0.3 is 0 Å². The van der Waals surface area contributed by atoms with Crippen molar-refractivity contribution < 1.29 is 9.53 Å². The summed E-state index contributed by atoms with van der Waals surface area (Å²) in [5.74, 6) is 1.80. The molecule has 2 N–H and O–H groups in total. The van der Waals surface area contributed by atoms with E-state index in [-0.39, 0.29) is 11.9 Å². The Hall–Kier alpha value is -3.26. The van der Waals surface area contributed by atoms with Crippen molar-refractivity contribution in [2.75, 3.05) is 25.1 Å². The number of nitrogens with zero attached hydrogens (tertiary/aromatic N) is 4. The van der Waals surface area contributed by atoms with Crippen molar-refractivity contribution in [3.05, 3.63) is 66.4 Å². The normalized spacial score (nSPS) is 14.8. The molecule has 1 fully saturated rings. The van der Waals surface area contributed by atoms with Crippen LogP contribution in [0.25, 0.3) is 5.95 Å². The van der Waals surface area contributed by atoms with E-state index in [1.165, 1.54) is 37.7 Å². The number of hydrogen-bond acceptors (Lipinski definition) is 6. The summed E-state index contributed by atoms with van der Waals surface area (Å²) < 4.78 is 7.22. The highest BCUT2D eigenvalue weighted by atomic mass is 16.5. The van der Waals surface area contributed by atoms with Gasteiger partial charge in [0.25, 0.3) is 0 Å². The molecule has 1 aliphatic carbocycles. The Labute approximate surface area is 220 Å². The first-order valence-electron chi connectivity index (χ1n) is 13.7. The van der Waals surface area contributed by atoms with Crippen LogP contribution in [0, 0.1) is 5.92 Å². The molecule has 1 atom stereocenters. The molecule has 1 aromatic carbocycles. The largest absolute Gasteiger partial charge is 0.382 e. The molecule has 8 heteroatoms.